The highest BCUT2D eigenvalue weighted by Gasteiger charge is 2.21. The molecule has 0 rings (SSSR count). The molecule has 0 aromatic carbocycles. The smallest absolute Gasteiger partial charge is 0.412 e. The minimum Gasteiger partial charge on any atom is -0.445 e. The summed E-state index contributed by atoms with van der Waals surface area (Å²) in [5.41, 5.74) is 0. The fourth-order valence-electron chi connectivity index (χ4n) is 0.248. The molecule has 1 amide bonds. The van der Waals surface area contributed by atoms with Crippen molar-refractivity contribution in [1.82, 2.24) is 5.32 Å². The van der Waals surface area contributed by atoms with Crippen LogP contribution in [0.1, 0.15) is 0 Å². The number of amides is 1. The second-order valence-electron chi connectivity index (χ2n) is 1.48. The van der Waals surface area contributed by atoms with Gasteiger partial charge in [0, 0.05) is 0 Å². The van der Waals surface area contributed by atoms with E-state index in [1.54, 1.807) is 0 Å². The normalized spacial score (nSPS) is 10.5. The zero-order chi connectivity index (χ0) is 8.91. The molecule has 0 radical (unpaired) electrons. The van der Waals surface area contributed by atoms with E-state index in [-0.39, 0.29) is 6.61 Å². The molecule has 11 heavy (non-hydrogen) atoms. The molecule has 7 heteroatoms. The molecule has 0 atom stereocenters. The average Bonchev–Trinajstić information content (AvgIpc) is 1.83. The van der Waals surface area contributed by atoms with Gasteiger partial charge in [-0.1, -0.05) is 34.8 Å². The van der Waals surface area contributed by atoms with Crippen LogP contribution in [0.4, 0.5) is 4.79 Å². The third-order valence-corrected chi connectivity index (χ3v) is 0.884. The van der Waals surface area contributed by atoms with Crippen LogP contribution in [0, 0.1) is 5.41 Å². The number of nitrogens with one attached hydrogen (secondary N) is 2. The Bertz CT molecular complexity index is 156. The maximum absolute atomic E-state index is 10.4. The van der Waals surface area contributed by atoms with Crippen LogP contribution in [0.5, 0.6) is 0 Å². The van der Waals surface area contributed by atoms with Crippen LogP contribution in [-0.2, 0) is 4.74 Å². The van der Waals surface area contributed by atoms with Crippen molar-refractivity contribution in [3.8, 4) is 0 Å². The summed E-state index contributed by atoms with van der Waals surface area (Å²) in [7, 11) is 0. The van der Waals surface area contributed by atoms with Crippen molar-refractivity contribution in [2.75, 3.05) is 6.61 Å². The van der Waals surface area contributed by atoms with E-state index in [4.69, 9.17) is 40.2 Å². The SMILES string of the molecule is N=CNC(=O)OCC(Cl)(Cl)Cl. The van der Waals surface area contributed by atoms with E-state index in [1.807, 2.05) is 5.32 Å². The lowest BCUT2D eigenvalue weighted by atomic mass is 10.8. The van der Waals surface area contributed by atoms with Crippen LogP contribution in [0.3, 0.4) is 0 Å². The Morgan fingerprint density at radius 2 is 2.18 bits per heavy atom. The van der Waals surface area contributed by atoms with Gasteiger partial charge < -0.3 is 4.74 Å². The Kier molecular flexibility index (Phi) is 4.56. The highest BCUT2D eigenvalue weighted by atomic mass is 35.6. The molecule has 0 saturated carbocycles. The predicted molar refractivity (Wildman–Crippen MR) is 43.6 cm³/mol. The molecule has 0 saturated heterocycles. The highest BCUT2D eigenvalue weighted by Crippen LogP contribution is 2.25. The van der Waals surface area contributed by atoms with E-state index in [0.717, 1.165) is 0 Å². The van der Waals surface area contributed by atoms with Crippen LogP contribution in [0.2, 0.25) is 0 Å². The Labute approximate surface area is 78.3 Å². The number of ether oxygens (including phenoxy) is 1. The molecule has 0 aliphatic heterocycles. The minimum atomic E-state index is -1.61. The molecule has 0 bridgehead atoms. The standard InChI is InChI=1S/C4H5Cl3N2O2/c5-4(6,7)1-11-3(10)9-2-8/h2H,1H2,(H2,8,9,10). The second kappa shape index (κ2) is 4.64. The summed E-state index contributed by atoms with van der Waals surface area (Å²) in [6, 6.07) is 0. The highest BCUT2D eigenvalue weighted by molar-refractivity contribution is 6.67. The Balaban J connectivity index is 3.54. The van der Waals surface area contributed by atoms with Crippen LogP contribution >= 0.6 is 34.8 Å². The quantitative estimate of drug-likeness (QED) is 0.422. The molecule has 4 nitrogen and oxygen atoms in total. The largest absolute Gasteiger partial charge is 0.445 e. The maximum atomic E-state index is 10.4. The van der Waals surface area contributed by atoms with Gasteiger partial charge in [0.05, 0.1) is 6.34 Å². The Hall–Kier alpha value is -0.190. The van der Waals surface area contributed by atoms with Gasteiger partial charge in [0.2, 0.25) is 3.79 Å². The topological polar surface area (TPSA) is 62.2 Å². The summed E-state index contributed by atoms with van der Waals surface area (Å²) < 4.78 is 2.74. The summed E-state index contributed by atoms with van der Waals surface area (Å²) in [5, 5.41) is 8.35. The van der Waals surface area contributed by atoms with E-state index >= 15 is 0 Å². The van der Waals surface area contributed by atoms with Crippen molar-refractivity contribution >= 4 is 47.2 Å². The molecule has 0 fully saturated rings. The first-order valence-corrected chi connectivity index (χ1v) is 3.58. The van der Waals surface area contributed by atoms with E-state index in [2.05, 4.69) is 4.74 Å². The molecule has 0 unspecified atom stereocenters. The first-order valence-electron chi connectivity index (χ1n) is 2.44. The van der Waals surface area contributed by atoms with Gasteiger partial charge in [-0.2, -0.15) is 0 Å². The minimum absolute atomic E-state index is 0.350. The molecule has 0 heterocycles. The van der Waals surface area contributed by atoms with Crippen molar-refractivity contribution < 1.29 is 9.53 Å². The molecule has 0 aliphatic rings. The molecular weight excluding hydrogens is 214 g/mol. The predicted octanol–water partition coefficient (Wildman–Crippen LogP) is 1.69. The summed E-state index contributed by atoms with van der Waals surface area (Å²) >= 11 is 15.7. The van der Waals surface area contributed by atoms with Crippen molar-refractivity contribution in [2.24, 2.45) is 0 Å². The third kappa shape index (κ3) is 7.71. The molecule has 2 N–H and O–H groups in total. The zero-order valence-corrected chi connectivity index (χ0v) is 7.50. The summed E-state index contributed by atoms with van der Waals surface area (Å²) in [5.74, 6) is 0. The first kappa shape index (κ1) is 10.8. The van der Waals surface area contributed by atoms with Crippen molar-refractivity contribution in [1.29, 1.82) is 5.41 Å². The number of rotatable bonds is 2. The van der Waals surface area contributed by atoms with Gasteiger partial charge in [-0.05, 0) is 0 Å². The van der Waals surface area contributed by atoms with E-state index in [0.29, 0.717) is 6.34 Å². The Morgan fingerprint density at radius 3 is 2.55 bits per heavy atom. The number of halogens is 3. The monoisotopic (exact) mass is 218 g/mol. The Morgan fingerprint density at radius 1 is 1.64 bits per heavy atom. The lowest BCUT2D eigenvalue weighted by molar-refractivity contribution is 0.154. The molecular formula is C4H5Cl3N2O2. The van der Waals surface area contributed by atoms with E-state index in [1.165, 1.54) is 0 Å². The van der Waals surface area contributed by atoms with Gasteiger partial charge >= 0.3 is 6.09 Å². The van der Waals surface area contributed by atoms with Crippen LogP contribution < -0.4 is 5.32 Å². The number of alkyl carbamates (subject to hydrolysis) is 1. The van der Waals surface area contributed by atoms with Gasteiger partial charge in [-0.3, -0.25) is 10.7 Å². The molecule has 0 spiro atoms. The third-order valence-electron chi connectivity index (χ3n) is 0.557. The average molecular weight is 219 g/mol. The zero-order valence-electron chi connectivity index (χ0n) is 5.23. The molecule has 0 aromatic heterocycles. The lowest BCUT2D eigenvalue weighted by Gasteiger charge is -2.09. The summed E-state index contributed by atoms with van der Waals surface area (Å²) in [6.07, 6.45) is -0.160. The lowest BCUT2D eigenvalue weighted by Crippen LogP contribution is -2.26. The van der Waals surface area contributed by atoms with Crippen molar-refractivity contribution in [3.05, 3.63) is 0 Å². The number of carbonyl (C=O) groups excluding carboxylic acids is 1. The van der Waals surface area contributed by atoms with Crippen LogP contribution in [0.15, 0.2) is 0 Å². The van der Waals surface area contributed by atoms with Gasteiger partial charge in [-0.25, -0.2) is 4.79 Å². The number of hydrogen-bond acceptors (Lipinski definition) is 3. The maximum Gasteiger partial charge on any atom is 0.412 e. The fourth-order valence-corrected chi connectivity index (χ4v) is 0.412. The second-order valence-corrected chi connectivity index (χ2v) is 4.00. The van der Waals surface area contributed by atoms with E-state index < -0.39 is 9.89 Å². The molecule has 64 valence electrons. The van der Waals surface area contributed by atoms with Crippen molar-refractivity contribution in [2.45, 2.75) is 3.79 Å². The van der Waals surface area contributed by atoms with Crippen molar-refractivity contribution in [3.63, 3.8) is 0 Å². The van der Waals surface area contributed by atoms with Gasteiger partial charge in [0.1, 0.15) is 6.61 Å². The summed E-state index contributed by atoms with van der Waals surface area (Å²) in [4.78, 5) is 10.4. The molecule has 0 aromatic rings. The van der Waals surface area contributed by atoms with Gasteiger partial charge in [-0.15, -0.1) is 0 Å². The van der Waals surface area contributed by atoms with Crippen LogP contribution in [0.25, 0.3) is 0 Å². The van der Waals surface area contributed by atoms with E-state index in [9.17, 15) is 4.79 Å². The van der Waals surface area contributed by atoms with Crippen LogP contribution in [-0.4, -0.2) is 22.8 Å². The fraction of sp³-hybridized carbons (Fsp3) is 0.500. The first-order chi connectivity index (χ1) is 4.95. The number of hydrogen-bond donors (Lipinski definition) is 2. The van der Waals surface area contributed by atoms with Gasteiger partial charge in [0.25, 0.3) is 0 Å². The molecule has 0 aliphatic carbocycles. The van der Waals surface area contributed by atoms with Gasteiger partial charge in [0.15, 0.2) is 0 Å². The number of alkyl halides is 3. The number of carbonyl (C=O) groups is 1. The summed E-state index contributed by atoms with van der Waals surface area (Å²) in [6.45, 7) is -0.350.